The Morgan fingerprint density at radius 1 is 1.15 bits per heavy atom. The molecule has 0 spiro atoms. The topological polar surface area (TPSA) is 68.3 Å². The normalized spacial score (nSPS) is 10.6. The maximum absolute atomic E-state index is 12.2. The molecule has 0 unspecified atom stereocenters. The number of rotatable bonds is 5. The predicted molar refractivity (Wildman–Crippen MR) is 79.8 cm³/mol. The summed E-state index contributed by atoms with van der Waals surface area (Å²) < 4.78 is 5.38. The molecule has 2 aromatic rings. The van der Waals surface area contributed by atoms with Gasteiger partial charge in [-0.15, -0.1) is 0 Å². The van der Waals surface area contributed by atoms with Crippen LogP contribution in [0.1, 0.15) is 41.3 Å². The molecule has 0 saturated carbocycles. The first-order chi connectivity index (χ1) is 9.69. The zero-order chi connectivity index (χ0) is 14.5. The van der Waals surface area contributed by atoms with Crippen molar-refractivity contribution in [2.45, 2.75) is 33.2 Å². The van der Waals surface area contributed by atoms with E-state index in [1.165, 1.54) is 0 Å². The number of carbonyl (C=O) groups is 1. The van der Waals surface area contributed by atoms with Gasteiger partial charge in [-0.25, -0.2) is 0 Å². The summed E-state index contributed by atoms with van der Waals surface area (Å²) in [6.45, 7) is 4.44. The number of nitrogens with one attached hydrogen (secondary N) is 1. The number of nitrogens with two attached hydrogens (primary N) is 1. The second kappa shape index (κ2) is 6.39. The van der Waals surface area contributed by atoms with Crippen molar-refractivity contribution in [2.24, 2.45) is 5.73 Å². The molecule has 2 rings (SSSR count). The summed E-state index contributed by atoms with van der Waals surface area (Å²) in [6, 6.07) is 9.45. The van der Waals surface area contributed by atoms with Gasteiger partial charge in [0.05, 0.1) is 6.54 Å². The van der Waals surface area contributed by atoms with Crippen LogP contribution in [0.5, 0.6) is 0 Å². The smallest absolute Gasteiger partial charge is 0.291 e. The third kappa shape index (κ3) is 2.91. The Bertz CT molecular complexity index is 580. The Balaban J connectivity index is 2.27. The van der Waals surface area contributed by atoms with Gasteiger partial charge in [0.2, 0.25) is 0 Å². The molecule has 1 amide bonds. The number of aryl methyl sites for hydroxylation is 2. The zero-order valence-electron chi connectivity index (χ0n) is 11.9. The minimum Gasteiger partial charge on any atom is -0.455 e. The minimum atomic E-state index is -0.236. The van der Waals surface area contributed by atoms with Gasteiger partial charge in [-0.2, -0.15) is 0 Å². The summed E-state index contributed by atoms with van der Waals surface area (Å²) in [5.74, 6) is 0.661. The lowest BCUT2D eigenvalue weighted by Gasteiger charge is -2.13. The van der Waals surface area contributed by atoms with Crippen LogP contribution in [0.2, 0.25) is 0 Å². The van der Waals surface area contributed by atoms with Crippen LogP contribution >= 0.6 is 0 Å². The molecule has 0 saturated heterocycles. The van der Waals surface area contributed by atoms with Gasteiger partial charge in [0.15, 0.2) is 5.76 Å². The Hall–Kier alpha value is -2.07. The molecule has 0 aliphatic heterocycles. The van der Waals surface area contributed by atoms with Gasteiger partial charge < -0.3 is 15.5 Å². The van der Waals surface area contributed by atoms with E-state index in [-0.39, 0.29) is 5.91 Å². The molecule has 0 fully saturated rings. The first-order valence-electron chi connectivity index (χ1n) is 6.90. The van der Waals surface area contributed by atoms with E-state index in [2.05, 4.69) is 19.2 Å². The number of para-hydroxylation sites is 1. The number of hydrogen-bond acceptors (Lipinski definition) is 3. The standard InChI is InChI=1S/C16H20N2O2/c1-3-11-6-5-7-12(4-2)15(11)18-16(19)14-9-8-13(10-17)20-14/h5-9H,3-4,10,17H2,1-2H3,(H,18,19). The monoisotopic (exact) mass is 272 g/mol. The zero-order valence-corrected chi connectivity index (χ0v) is 11.9. The van der Waals surface area contributed by atoms with Crippen LogP contribution in [-0.4, -0.2) is 5.91 Å². The summed E-state index contributed by atoms with van der Waals surface area (Å²) in [4.78, 5) is 12.2. The van der Waals surface area contributed by atoms with E-state index in [0.717, 1.165) is 29.7 Å². The molecule has 0 aliphatic rings. The molecule has 4 heteroatoms. The van der Waals surface area contributed by atoms with Crippen molar-refractivity contribution in [3.05, 3.63) is 53.0 Å². The van der Waals surface area contributed by atoms with Crippen LogP contribution in [0.3, 0.4) is 0 Å². The van der Waals surface area contributed by atoms with E-state index in [1.54, 1.807) is 12.1 Å². The molecule has 106 valence electrons. The SMILES string of the molecule is CCc1cccc(CC)c1NC(=O)c1ccc(CN)o1. The van der Waals surface area contributed by atoms with Crippen molar-refractivity contribution in [3.63, 3.8) is 0 Å². The minimum absolute atomic E-state index is 0.236. The van der Waals surface area contributed by atoms with Crippen molar-refractivity contribution < 1.29 is 9.21 Å². The lowest BCUT2D eigenvalue weighted by molar-refractivity contribution is 0.0995. The molecule has 0 atom stereocenters. The molecule has 1 aromatic heterocycles. The van der Waals surface area contributed by atoms with E-state index in [9.17, 15) is 4.79 Å². The van der Waals surface area contributed by atoms with Gasteiger partial charge >= 0.3 is 0 Å². The highest BCUT2D eigenvalue weighted by Gasteiger charge is 2.14. The van der Waals surface area contributed by atoms with Crippen LogP contribution in [-0.2, 0) is 19.4 Å². The summed E-state index contributed by atoms with van der Waals surface area (Å²) in [6.07, 6.45) is 1.74. The molecule has 0 bridgehead atoms. The summed E-state index contributed by atoms with van der Waals surface area (Å²) in [5, 5.41) is 2.96. The van der Waals surface area contributed by atoms with Crippen LogP contribution in [0, 0.1) is 0 Å². The average molecular weight is 272 g/mol. The fourth-order valence-electron chi connectivity index (χ4n) is 2.19. The number of furan rings is 1. The van der Waals surface area contributed by atoms with E-state index >= 15 is 0 Å². The third-order valence-corrected chi connectivity index (χ3v) is 3.32. The van der Waals surface area contributed by atoms with Crippen molar-refractivity contribution >= 4 is 11.6 Å². The molecule has 0 radical (unpaired) electrons. The largest absolute Gasteiger partial charge is 0.455 e. The summed E-state index contributed by atoms with van der Waals surface area (Å²) in [5.41, 5.74) is 8.63. The average Bonchev–Trinajstić information content (AvgIpc) is 2.96. The molecule has 20 heavy (non-hydrogen) atoms. The van der Waals surface area contributed by atoms with Crippen molar-refractivity contribution in [3.8, 4) is 0 Å². The Labute approximate surface area is 119 Å². The first-order valence-corrected chi connectivity index (χ1v) is 6.90. The van der Waals surface area contributed by atoms with Crippen molar-refractivity contribution in [1.82, 2.24) is 0 Å². The highest BCUT2D eigenvalue weighted by Crippen LogP contribution is 2.23. The van der Waals surface area contributed by atoms with Gasteiger partial charge in [-0.3, -0.25) is 4.79 Å². The molecule has 4 nitrogen and oxygen atoms in total. The molecular formula is C16H20N2O2. The lowest BCUT2D eigenvalue weighted by atomic mass is 10.0. The molecular weight excluding hydrogens is 252 g/mol. The van der Waals surface area contributed by atoms with Crippen LogP contribution in [0.4, 0.5) is 5.69 Å². The predicted octanol–water partition coefficient (Wildman–Crippen LogP) is 3.12. The van der Waals surface area contributed by atoms with Gasteiger partial charge in [0.1, 0.15) is 5.76 Å². The fourth-order valence-corrected chi connectivity index (χ4v) is 2.19. The molecule has 1 aromatic carbocycles. The van der Waals surface area contributed by atoms with Crippen LogP contribution in [0.25, 0.3) is 0 Å². The summed E-state index contributed by atoms with van der Waals surface area (Å²) >= 11 is 0. The number of carbonyl (C=O) groups excluding carboxylic acids is 1. The fraction of sp³-hybridized carbons (Fsp3) is 0.312. The van der Waals surface area contributed by atoms with Gasteiger partial charge in [0.25, 0.3) is 5.91 Å². The van der Waals surface area contributed by atoms with Crippen molar-refractivity contribution in [1.29, 1.82) is 0 Å². The summed E-state index contributed by atoms with van der Waals surface area (Å²) in [7, 11) is 0. The highest BCUT2D eigenvalue weighted by molar-refractivity contribution is 6.03. The maximum atomic E-state index is 12.2. The van der Waals surface area contributed by atoms with Crippen LogP contribution in [0.15, 0.2) is 34.7 Å². The molecule has 0 aliphatic carbocycles. The lowest BCUT2D eigenvalue weighted by Crippen LogP contribution is -2.14. The van der Waals surface area contributed by atoms with E-state index in [1.807, 2.05) is 18.2 Å². The maximum Gasteiger partial charge on any atom is 0.291 e. The molecule has 1 heterocycles. The molecule has 3 N–H and O–H groups in total. The van der Waals surface area contributed by atoms with E-state index < -0.39 is 0 Å². The Kier molecular flexibility index (Phi) is 4.58. The van der Waals surface area contributed by atoms with E-state index in [0.29, 0.717) is 18.1 Å². The van der Waals surface area contributed by atoms with Gasteiger partial charge in [-0.05, 0) is 36.1 Å². The third-order valence-electron chi connectivity index (χ3n) is 3.32. The van der Waals surface area contributed by atoms with E-state index in [4.69, 9.17) is 10.2 Å². The Morgan fingerprint density at radius 2 is 1.80 bits per heavy atom. The van der Waals surface area contributed by atoms with Crippen molar-refractivity contribution in [2.75, 3.05) is 5.32 Å². The number of benzene rings is 1. The highest BCUT2D eigenvalue weighted by atomic mass is 16.4. The first kappa shape index (κ1) is 14.3. The Morgan fingerprint density at radius 3 is 2.30 bits per heavy atom. The second-order valence-corrected chi connectivity index (χ2v) is 4.58. The number of anilines is 1. The quantitative estimate of drug-likeness (QED) is 0.878. The second-order valence-electron chi connectivity index (χ2n) is 4.58. The number of amides is 1. The number of hydrogen-bond donors (Lipinski definition) is 2. The van der Waals surface area contributed by atoms with Crippen LogP contribution < -0.4 is 11.1 Å². The van der Waals surface area contributed by atoms with Gasteiger partial charge in [-0.1, -0.05) is 32.0 Å². The van der Waals surface area contributed by atoms with Gasteiger partial charge in [0, 0.05) is 5.69 Å².